The van der Waals surface area contributed by atoms with Gasteiger partial charge in [-0.2, -0.15) is 0 Å². The van der Waals surface area contributed by atoms with E-state index in [1.165, 1.54) is 86.5 Å². The quantitative estimate of drug-likeness (QED) is 0.217. The van der Waals surface area contributed by atoms with E-state index in [9.17, 15) is 0 Å². The monoisotopic (exact) mass is 452 g/mol. The van der Waals surface area contributed by atoms with Crippen LogP contribution in [0.4, 0.5) is 0 Å². The first-order valence-corrected chi connectivity index (χ1v) is 12.6. The van der Waals surface area contributed by atoms with Crippen LogP contribution >= 0.6 is 0 Å². The standard InChI is InChI=1S/C36H20/c1-2-7-21(8-3-1)23-15-16-25-26-13-6-14-27-30-20-33-29-12-5-10-22-9-4-11-28(35(22)29)32(33)18-24(30)19-34(36(26)27)31(25)17-23/h1-20H. The first kappa shape index (κ1) is 18.6. The van der Waals surface area contributed by atoms with E-state index >= 15 is 0 Å². The first-order chi connectivity index (χ1) is 17.8. The fraction of sp³-hybridized carbons (Fsp3) is 0. The fourth-order valence-corrected chi connectivity index (χ4v) is 6.75. The molecule has 0 unspecified atom stereocenters. The van der Waals surface area contributed by atoms with Crippen LogP contribution in [0.25, 0.3) is 86.5 Å². The second-order valence-electron chi connectivity index (χ2n) is 10.1. The molecule has 36 heavy (non-hydrogen) atoms. The minimum atomic E-state index is 1.26. The molecule has 0 nitrogen and oxygen atoms in total. The van der Waals surface area contributed by atoms with Crippen LogP contribution in [-0.2, 0) is 0 Å². The minimum Gasteiger partial charge on any atom is -0.0622 e. The lowest BCUT2D eigenvalue weighted by Crippen LogP contribution is -1.79. The molecule has 0 aliphatic heterocycles. The molecule has 0 aliphatic rings. The summed E-state index contributed by atoms with van der Waals surface area (Å²) in [5, 5.41) is 18.9. The molecular formula is C36H20. The van der Waals surface area contributed by atoms with Crippen LogP contribution in [0.3, 0.4) is 0 Å². The van der Waals surface area contributed by atoms with Gasteiger partial charge < -0.3 is 0 Å². The highest BCUT2D eigenvalue weighted by molar-refractivity contribution is 6.37. The maximum absolute atomic E-state index is 2.45. The normalized spacial score (nSPS) is 12.4. The highest BCUT2D eigenvalue weighted by Gasteiger charge is 2.17. The van der Waals surface area contributed by atoms with Gasteiger partial charge in [0.25, 0.3) is 0 Å². The van der Waals surface area contributed by atoms with Crippen molar-refractivity contribution in [1.29, 1.82) is 0 Å². The summed E-state index contributed by atoms with van der Waals surface area (Å²) in [6.07, 6.45) is 0. The highest BCUT2D eigenvalue weighted by atomic mass is 14.2. The molecule has 0 fully saturated rings. The molecule has 0 spiro atoms. The third-order valence-electron chi connectivity index (χ3n) is 8.31. The second kappa shape index (κ2) is 6.50. The molecule has 0 amide bonds. The van der Waals surface area contributed by atoms with Gasteiger partial charge in [0.1, 0.15) is 0 Å². The Hall–Kier alpha value is -4.68. The van der Waals surface area contributed by atoms with Crippen molar-refractivity contribution < 1.29 is 0 Å². The van der Waals surface area contributed by atoms with Crippen molar-refractivity contribution in [2.75, 3.05) is 0 Å². The molecule has 0 N–H and O–H groups in total. The summed E-state index contributed by atoms with van der Waals surface area (Å²) >= 11 is 0. The Balaban J connectivity index is 1.47. The summed E-state index contributed by atoms with van der Waals surface area (Å²) in [6, 6.07) is 45.2. The van der Waals surface area contributed by atoms with Gasteiger partial charge in [0.05, 0.1) is 0 Å². The predicted molar refractivity (Wildman–Crippen MR) is 157 cm³/mol. The molecule has 0 aliphatic carbocycles. The fourth-order valence-electron chi connectivity index (χ4n) is 6.75. The number of hydrogen-bond donors (Lipinski definition) is 0. The van der Waals surface area contributed by atoms with E-state index in [2.05, 4.69) is 121 Å². The Morgan fingerprint density at radius 3 is 1.64 bits per heavy atom. The molecule has 164 valence electrons. The average molecular weight is 453 g/mol. The van der Waals surface area contributed by atoms with Crippen molar-refractivity contribution in [2.24, 2.45) is 0 Å². The number of hydrogen-bond acceptors (Lipinski definition) is 0. The molecule has 9 aromatic carbocycles. The SMILES string of the molecule is c1ccc(-c2ccc3c(c2)c2cc4cc5c(cc4c4cccc3c42)c2cccc3cccc5c32)cc1. The lowest BCUT2D eigenvalue weighted by Gasteiger charge is -2.07. The van der Waals surface area contributed by atoms with Crippen LogP contribution in [-0.4, -0.2) is 0 Å². The van der Waals surface area contributed by atoms with Gasteiger partial charge in [0, 0.05) is 0 Å². The Kier molecular flexibility index (Phi) is 3.36. The number of fused-ring (bicyclic) bond motifs is 8. The maximum Gasteiger partial charge on any atom is -0.00199 e. The van der Waals surface area contributed by atoms with Crippen molar-refractivity contribution in [2.45, 2.75) is 0 Å². The zero-order chi connectivity index (χ0) is 23.4. The summed E-state index contributed by atoms with van der Waals surface area (Å²) < 4.78 is 0. The summed E-state index contributed by atoms with van der Waals surface area (Å²) in [7, 11) is 0. The zero-order valence-electron chi connectivity index (χ0n) is 19.5. The smallest absolute Gasteiger partial charge is 0.00199 e. The third kappa shape index (κ3) is 2.25. The number of benzene rings is 7. The number of rotatable bonds is 1. The van der Waals surface area contributed by atoms with Gasteiger partial charge in [0.2, 0.25) is 0 Å². The van der Waals surface area contributed by atoms with Gasteiger partial charge in [-0.05, 0) is 111 Å². The van der Waals surface area contributed by atoms with E-state index in [1.54, 1.807) is 0 Å². The molecule has 9 rings (SSSR count). The second-order valence-corrected chi connectivity index (χ2v) is 10.1. The topological polar surface area (TPSA) is 0 Å². The van der Waals surface area contributed by atoms with Crippen LogP contribution in [0.2, 0.25) is 0 Å². The molecular weight excluding hydrogens is 432 g/mol. The maximum atomic E-state index is 2.45. The first-order valence-electron chi connectivity index (χ1n) is 12.6. The van der Waals surface area contributed by atoms with Gasteiger partial charge in [-0.3, -0.25) is 0 Å². The Labute approximate surface area is 207 Å². The minimum absolute atomic E-state index is 1.26. The third-order valence-corrected chi connectivity index (χ3v) is 8.31. The Morgan fingerprint density at radius 2 is 0.861 bits per heavy atom. The lowest BCUT2D eigenvalue weighted by molar-refractivity contribution is 1.66. The molecule has 0 heterocycles. The molecule has 0 atom stereocenters. The van der Waals surface area contributed by atoms with E-state index in [0.29, 0.717) is 0 Å². The summed E-state index contributed by atoms with van der Waals surface area (Å²) in [4.78, 5) is 0. The van der Waals surface area contributed by atoms with Crippen LogP contribution < -0.4 is 0 Å². The molecule has 9 aromatic rings. The Morgan fingerprint density at radius 1 is 0.250 bits per heavy atom. The van der Waals surface area contributed by atoms with Gasteiger partial charge in [-0.15, -0.1) is 0 Å². The molecule has 0 saturated heterocycles. The van der Waals surface area contributed by atoms with Crippen molar-refractivity contribution in [1.82, 2.24) is 0 Å². The summed E-state index contributed by atoms with van der Waals surface area (Å²) in [5.74, 6) is 0. The van der Waals surface area contributed by atoms with E-state index in [-0.39, 0.29) is 0 Å². The Bertz CT molecular complexity index is 2280. The zero-order valence-corrected chi connectivity index (χ0v) is 19.5. The molecule has 0 heteroatoms. The van der Waals surface area contributed by atoms with Crippen molar-refractivity contribution in [3.8, 4) is 11.1 Å². The van der Waals surface area contributed by atoms with Crippen molar-refractivity contribution in [3.05, 3.63) is 121 Å². The van der Waals surface area contributed by atoms with Crippen LogP contribution in [0.5, 0.6) is 0 Å². The van der Waals surface area contributed by atoms with Crippen LogP contribution in [0.15, 0.2) is 121 Å². The highest BCUT2D eigenvalue weighted by Crippen LogP contribution is 2.46. The van der Waals surface area contributed by atoms with Gasteiger partial charge in [-0.25, -0.2) is 0 Å². The summed E-state index contributed by atoms with van der Waals surface area (Å²) in [5.41, 5.74) is 2.53. The lowest BCUT2D eigenvalue weighted by atomic mass is 9.96. The van der Waals surface area contributed by atoms with Crippen LogP contribution in [0, 0.1) is 0 Å². The van der Waals surface area contributed by atoms with E-state index < -0.39 is 0 Å². The van der Waals surface area contributed by atoms with Gasteiger partial charge >= 0.3 is 0 Å². The van der Waals surface area contributed by atoms with Crippen molar-refractivity contribution in [3.63, 3.8) is 0 Å². The van der Waals surface area contributed by atoms with Gasteiger partial charge in [0.15, 0.2) is 0 Å². The van der Waals surface area contributed by atoms with E-state index in [4.69, 9.17) is 0 Å². The van der Waals surface area contributed by atoms with E-state index in [0.717, 1.165) is 0 Å². The van der Waals surface area contributed by atoms with Gasteiger partial charge in [-0.1, -0.05) is 97.1 Å². The summed E-state index contributed by atoms with van der Waals surface area (Å²) in [6.45, 7) is 0. The molecule has 0 radical (unpaired) electrons. The van der Waals surface area contributed by atoms with E-state index in [1.807, 2.05) is 0 Å². The molecule has 0 saturated carbocycles. The van der Waals surface area contributed by atoms with Crippen molar-refractivity contribution >= 4 is 75.4 Å². The predicted octanol–water partition coefficient (Wildman–Crippen LogP) is 10.3. The largest absolute Gasteiger partial charge is 0.0622 e. The molecule has 0 bridgehead atoms. The average Bonchev–Trinajstić information content (AvgIpc) is 3.43. The molecule has 0 aromatic heterocycles. The van der Waals surface area contributed by atoms with Crippen LogP contribution in [0.1, 0.15) is 0 Å².